The van der Waals surface area contributed by atoms with Gasteiger partial charge < -0.3 is 5.32 Å². The molecule has 0 fully saturated rings. The minimum atomic E-state index is 0.0116. The lowest BCUT2D eigenvalue weighted by atomic mass is 9.81. The maximum atomic E-state index is 8.59. The predicted octanol–water partition coefficient (Wildman–Crippen LogP) is 3.23. The molecule has 0 heterocycles. The van der Waals surface area contributed by atoms with Crippen molar-refractivity contribution in [3.05, 3.63) is 48.0 Å². The highest BCUT2D eigenvalue weighted by atomic mass is 14.9. The van der Waals surface area contributed by atoms with Crippen molar-refractivity contribution in [1.29, 1.82) is 5.26 Å². The minimum Gasteiger partial charge on any atom is -0.304 e. The minimum absolute atomic E-state index is 0.0116. The van der Waals surface area contributed by atoms with E-state index in [1.807, 2.05) is 0 Å². The van der Waals surface area contributed by atoms with E-state index >= 15 is 0 Å². The molecule has 1 N–H and O–H groups in total. The summed E-state index contributed by atoms with van der Waals surface area (Å²) in [4.78, 5) is 0. The van der Waals surface area contributed by atoms with Crippen molar-refractivity contribution in [2.75, 3.05) is 13.1 Å². The van der Waals surface area contributed by atoms with E-state index in [2.05, 4.69) is 67.7 Å². The van der Waals surface area contributed by atoms with E-state index in [1.165, 1.54) is 16.3 Å². The quantitative estimate of drug-likeness (QED) is 0.655. The lowest BCUT2D eigenvalue weighted by molar-refractivity contribution is 0.488. The first kappa shape index (κ1) is 12.6. The zero-order valence-corrected chi connectivity index (χ0v) is 10.9. The zero-order valence-electron chi connectivity index (χ0n) is 10.9. The van der Waals surface area contributed by atoms with Crippen LogP contribution in [0, 0.1) is 11.3 Å². The fourth-order valence-corrected chi connectivity index (χ4v) is 2.34. The first-order chi connectivity index (χ1) is 8.65. The van der Waals surface area contributed by atoms with Crippen LogP contribution in [0.1, 0.15) is 19.4 Å². The Morgan fingerprint density at radius 2 is 1.83 bits per heavy atom. The summed E-state index contributed by atoms with van der Waals surface area (Å²) >= 11 is 0. The SMILES string of the molecule is CC(C)(CNCC#N)c1cccc2ccccc12. The van der Waals surface area contributed by atoms with Gasteiger partial charge in [-0.15, -0.1) is 0 Å². The Bertz CT molecular complexity index is 574. The Morgan fingerprint density at radius 1 is 1.11 bits per heavy atom. The Hall–Kier alpha value is -1.85. The second kappa shape index (κ2) is 5.20. The third-order valence-corrected chi connectivity index (χ3v) is 3.29. The van der Waals surface area contributed by atoms with Gasteiger partial charge in [0, 0.05) is 12.0 Å². The normalized spacial score (nSPS) is 11.4. The number of rotatable bonds is 4. The molecular weight excluding hydrogens is 220 g/mol. The number of hydrogen-bond donors (Lipinski definition) is 1. The molecule has 2 nitrogen and oxygen atoms in total. The molecule has 0 unspecified atom stereocenters. The molecule has 0 aliphatic rings. The maximum absolute atomic E-state index is 8.59. The van der Waals surface area contributed by atoms with Crippen molar-refractivity contribution >= 4 is 10.8 Å². The van der Waals surface area contributed by atoms with Gasteiger partial charge in [0.05, 0.1) is 12.6 Å². The Morgan fingerprint density at radius 3 is 2.61 bits per heavy atom. The molecule has 2 aromatic rings. The van der Waals surface area contributed by atoms with Gasteiger partial charge in [0.1, 0.15) is 0 Å². The van der Waals surface area contributed by atoms with E-state index in [4.69, 9.17) is 5.26 Å². The highest BCUT2D eigenvalue weighted by molar-refractivity contribution is 5.86. The number of benzene rings is 2. The first-order valence-electron chi connectivity index (χ1n) is 6.21. The molecule has 0 aliphatic carbocycles. The van der Waals surface area contributed by atoms with Gasteiger partial charge in [-0.25, -0.2) is 0 Å². The standard InChI is InChI=1S/C16H18N2/c1-16(2,12-18-11-10-17)15-9-5-7-13-6-3-4-8-14(13)15/h3-9,18H,11-12H2,1-2H3. The van der Waals surface area contributed by atoms with Gasteiger partial charge in [0.25, 0.3) is 0 Å². The van der Waals surface area contributed by atoms with Crippen molar-refractivity contribution in [3.63, 3.8) is 0 Å². The molecule has 0 saturated heterocycles. The fourth-order valence-electron chi connectivity index (χ4n) is 2.34. The predicted molar refractivity (Wildman–Crippen MR) is 75.5 cm³/mol. The average Bonchev–Trinajstić information content (AvgIpc) is 2.38. The zero-order chi connectivity index (χ0) is 13.0. The third kappa shape index (κ3) is 2.52. The molecule has 92 valence electrons. The summed E-state index contributed by atoms with van der Waals surface area (Å²) in [5.41, 5.74) is 1.34. The van der Waals surface area contributed by atoms with Crippen LogP contribution in [0.15, 0.2) is 42.5 Å². The lowest BCUT2D eigenvalue weighted by Gasteiger charge is -2.27. The molecule has 2 aromatic carbocycles. The number of fused-ring (bicyclic) bond motifs is 1. The summed E-state index contributed by atoms with van der Waals surface area (Å²) in [7, 11) is 0. The maximum Gasteiger partial charge on any atom is 0.0841 e. The average molecular weight is 238 g/mol. The summed E-state index contributed by atoms with van der Waals surface area (Å²) in [5.74, 6) is 0. The van der Waals surface area contributed by atoms with Gasteiger partial charge in [-0.05, 0) is 16.3 Å². The monoisotopic (exact) mass is 238 g/mol. The van der Waals surface area contributed by atoms with Gasteiger partial charge in [-0.2, -0.15) is 5.26 Å². The van der Waals surface area contributed by atoms with Crippen LogP contribution in [0.25, 0.3) is 10.8 Å². The van der Waals surface area contributed by atoms with Crippen molar-refractivity contribution in [2.24, 2.45) is 0 Å². The molecule has 0 aliphatic heterocycles. The van der Waals surface area contributed by atoms with E-state index in [0.717, 1.165) is 6.54 Å². The van der Waals surface area contributed by atoms with E-state index < -0.39 is 0 Å². The second-order valence-corrected chi connectivity index (χ2v) is 5.17. The second-order valence-electron chi connectivity index (χ2n) is 5.17. The van der Waals surface area contributed by atoms with Gasteiger partial charge >= 0.3 is 0 Å². The van der Waals surface area contributed by atoms with Gasteiger partial charge in [0.2, 0.25) is 0 Å². The van der Waals surface area contributed by atoms with Crippen LogP contribution in [-0.4, -0.2) is 13.1 Å². The van der Waals surface area contributed by atoms with E-state index in [1.54, 1.807) is 0 Å². The Balaban J connectivity index is 2.38. The molecule has 2 rings (SSSR count). The van der Waals surface area contributed by atoms with Crippen LogP contribution >= 0.6 is 0 Å². The molecule has 0 spiro atoms. The smallest absolute Gasteiger partial charge is 0.0841 e. The summed E-state index contributed by atoms with van der Waals surface area (Å²) in [6, 6.07) is 17.0. The number of hydrogen-bond acceptors (Lipinski definition) is 2. The fraction of sp³-hybridized carbons (Fsp3) is 0.312. The van der Waals surface area contributed by atoms with Gasteiger partial charge in [-0.1, -0.05) is 56.3 Å². The molecule has 0 amide bonds. The van der Waals surface area contributed by atoms with E-state index in [9.17, 15) is 0 Å². The third-order valence-electron chi connectivity index (χ3n) is 3.29. The van der Waals surface area contributed by atoms with Crippen LogP contribution in [-0.2, 0) is 5.41 Å². The van der Waals surface area contributed by atoms with Gasteiger partial charge in [-0.3, -0.25) is 0 Å². The van der Waals surface area contributed by atoms with Crippen molar-refractivity contribution in [3.8, 4) is 6.07 Å². The molecular formula is C16H18N2. The molecule has 0 saturated carbocycles. The topological polar surface area (TPSA) is 35.8 Å². The first-order valence-corrected chi connectivity index (χ1v) is 6.21. The summed E-state index contributed by atoms with van der Waals surface area (Å²) < 4.78 is 0. The Kier molecular flexibility index (Phi) is 3.64. The molecule has 18 heavy (non-hydrogen) atoms. The van der Waals surface area contributed by atoms with E-state index in [0.29, 0.717) is 6.54 Å². The van der Waals surface area contributed by atoms with Crippen molar-refractivity contribution in [2.45, 2.75) is 19.3 Å². The lowest BCUT2D eigenvalue weighted by Crippen LogP contribution is -2.33. The number of nitrogens with one attached hydrogen (secondary N) is 1. The number of nitriles is 1. The van der Waals surface area contributed by atoms with Crippen LogP contribution < -0.4 is 5.32 Å². The summed E-state index contributed by atoms with van der Waals surface area (Å²) in [6.07, 6.45) is 0. The summed E-state index contributed by atoms with van der Waals surface area (Å²) in [6.45, 7) is 5.61. The Labute approximate surface area is 108 Å². The highest BCUT2D eigenvalue weighted by Gasteiger charge is 2.21. The van der Waals surface area contributed by atoms with Crippen LogP contribution in [0.3, 0.4) is 0 Å². The number of nitrogens with zero attached hydrogens (tertiary/aromatic N) is 1. The van der Waals surface area contributed by atoms with Crippen LogP contribution in [0.2, 0.25) is 0 Å². The molecule has 0 bridgehead atoms. The largest absolute Gasteiger partial charge is 0.304 e. The highest BCUT2D eigenvalue weighted by Crippen LogP contribution is 2.29. The molecule has 0 atom stereocenters. The summed E-state index contributed by atoms with van der Waals surface area (Å²) in [5, 5.41) is 14.3. The van der Waals surface area contributed by atoms with Gasteiger partial charge in [0.15, 0.2) is 0 Å². The molecule has 0 radical (unpaired) electrons. The molecule has 0 aromatic heterocycles. The van der Waals surface area contributed by atoms with Crippen LogP contribution in [0.4, 0.5) is 0 Å². The van der Waals surface area contributed by atoms with Crippen molar-refractivity contribution in [1.82, 2.24) is 5.32 Å². The van der Waals surface area contributed by atoms with Crippen LogP contribution in [0.5, 0.6) is 0 Å². The van der Waals surface area contributed by atoms with E-state index in [-0.39, 0.29) is 5.41 Å². The van der Waals surface area contributed by atoms with Crippen molar-refractivity contribution < 1.29 is 0 Å². The molecule has 2 heteroatoms.